The first-order valence-corrected chi connectivity index (χ1v) is 3.91. The van der Waals surface area contributed by atoms with E-state index in [1.165, 1.54) is 0 Å². The number of rotatable bonds is 0. The summed E-state index contributed by atoms with van der Waals surface area (Å²) >= 11 is 4.56. The molecule has 0 saturated carbocycles. The normalized spacial score (nSPS) is 15.2. The first-order valence-electron chi connectivity index (χ1n) is 0.925. The molecular weight excluding hydrogens is 112 g/mol. The van der Waals surface area contributed by atoms with Gasteiger partial charge in [0.05, 0.1) is 0 Å². The molecule has 5 heavy (non-hydrogen) atoms. The topological polar surface area (TPSA) is 66.5 Å². The third kappa shape index (κ3) is 86.4. The van der Waals surface area contributed by atoms with Crippen LogP contribution in [0.3, 0.4) is 0 Å². The van der Waals surface area contributed by atoms with Gasteiger partial charge in [0, 0.05) is 0 Å². The van der Waals surface area contributed by atoms with E-state index in [4.69, 9.17) is 9.79 Å². The first kappa shape index (κ1) is 5.60. The van der Waals surface area contributed by atoms with Crippen molar-refractivity contribution >= 4 is 18.5 Å². The molecule has 0 aliphatic heterocycles. The van der Waals surface area contributed by atoms with Gasteiger partial charge in [-0.15, -0.1) is 0 Å². The van der Waals surface area contributed by atoms with Crippen molar-refractivity contribution in [3.63, 3.8) is 0 Å². The molecule has 0 aliphatic carbocycles. The summed E-state index contributed by atoms with van der Waals surface area (Å²) in [5.74, 6) is 0. The summed E-state index contributed by atoms with van der Waals surface area (Å²) < 4.78 is 0. The van der Waals surface area contributed by atoms with E-state index in [2.05, 4.69) is 16.7 Å². The van der Waals surface area contributed by atoms with Crippen LogP contribution in [0.15, 0.2) is 0 Å². The van der Waals surface area contributed by atoms with E-state index in [-0.39, 0.29) is 0 Å². The van der Waals surface area contributed by atoms with E-state index < -0.39 is 7.22 Å². The van der Waals surface area contributed by atoms with Crippen molar-refractivity contribution in [3.05, 3.63) is 0 Å². The Balaban J connectivity index is 3.02. The second-order valence-corrected chi connectivity index (χ2v) is 3.58. The summed E-state index contributed by atoms with van der Waals surface area (Å²) in [6.07, 6.45) is 0. The number of nitrogens with two attached hydrogens (primary N) is 1. The zero-order valence-corrected chi connectivity index (χ0v) is 4.11. The molecule has 3 nitrogen and oxygen atoms in total. The Labute approximate surface area is 34.7 Å². The standard InChI is InChI=1S/ClH5NO2P/c1-5(2,3)4/h3-5H,2H2. The van der Waals surface area contributed by atoms with Gasteiger partial charge in [-0.2, -0.15) is 0 Å². The maximum absolute atomic E-state index is 7.76. The number of hydrogen-bond donors (Lipinski definition) is 3. The fraction of sp³-hybridized carbons (Fsp3) is 0. The minimum atomic E-state index is -3.64. The van der Waals surface area contributed by atoms with Gasteiger partial charge in [-0.3, -0.25) is 0 Å². The molecule has 0 amide bonds. The molecular formula is H5ClNO2P. The molecule has 0 fully saturated rings. The summed E-state index contributed by atoms with van der Waals surface area (Å²) in [4.78, 5) is 15.5. The van der Waals surface area contributed by atoms with Crippen LogP contribution < -0.4 is 5.50 Å². The average molecular weight is 117 g/mol. The summed E-state index contributed by atoms with van der Waals surface area (Å²) in [7, 11) is -3.64. The summed E-state index contributed by atoms with van der Waals surface area (Å²) in [5.41, 5.74) is 4.37. The Morgan fingerprint density at radius 2 is 1.60 bits per heavy atom. The molecule has 0 unspecified atom stereocenters. The molecule has 0 aromatic heterocycles. The van der Waals surface area contributed by atoms with E-state index in [0.29, 0.717) is 0 Å². The van der Waals surface area contributed by atoms with Gasteiger partial charge in [-0.1, -0.05) is 0 Å². The van der Waals surface area contributed by atoms with Crippen LogP contribution in [-0.4, -0.2) is 9.79 Å². The van der Waals surface area contributed by atoms with Gasteiger partial charge >= 0.3 is 33.8 Å². The van der Waals surface area contributed by atoms with Gasteiger partial charge in [0.1, 0.15) is 0 Å². The van der Waals surface area contributed by atoms with Crippen molar-refractivity contribution in [2.24, 2.45) is 5.50 Å². The third-order valence-corrected chi connectivity index (χ3v) is 0. The molecule has 0 aromatic rings. The molecule has 0 atom stereocenters. The first-order chi connectivity index (χ1) is 2.00. The Morgan fingerprint density at radius 3 is 1.60 bits per heavy atom. The fourth-order valence-corrected chi connectivity index (χ4v) is 0. The SMILES string of the molecule is N[PH](O)(O)Cl. The van der Waals surface area contributed by atoms with Crippen molar-refractivity contribution in [2.45, 2.75) is 0 Å². The third-order valence-electron chi connectivity index (χ3n) is 0. The van der Waals surface area contributed by atoms with Crippen LogP contribution in [-0.2, 0) is 0 Å². The monoisotopic (exact) mass is 117 g/mol. The van der Waals surface area contributed by atoms with E-state index in [1.54, 1.807) is 0 Å². The Kier molecular flexibility index (Phi) is 1.53. The fourth-order valence-electron chi connectivity index (χ4n) is 0. The van der Waals surface area contributed by atoms with Crippen LogP contribution in [0.5, 0.6) is 0 Å². The second-order valence-electron chi connectivity index (χ2n) is 0.636. The van der Waals surface area contributed by atoms with Gasteiger partial charge in [-0.05, 0) is 0 Å². The molecule has 0 rings (SSSR count). The molecule has 0 radical (unpaired) electrons. The van der Waals surface area contributed by atoms with E-state index in [0.717, 1.165) is 0 Å². The Hall–Kier alpha value is 0.600. The van der Waals surface area contributed by atoms with Crippen LogP contribution >= 0.6 is 18.5 Å². The molecule has 0 heterocycles. The van der Waals surface area contributed by atoms with Gasteiger partial charge < -0.3 is 0 Å². The molecule has 5 heteroatoms. The summed E-state index contributed by atoms with van der Waals surface area (Å²) in [6, 6.07) is 0. The zero-order valence-electron chi connectivity index (χ0n) is 2.35. The quantitative estimate of drug-likeness (QED) is 0.378. The van der Waals surface area contributed by atoms with Crippen LogP contribution in [0.1, 0.15) is 0 Å². The second kappa shape index (κ2) is 1.37. The van der Waals surface area contributed by atoms with E-state index in [1.807, 2.05) is 0 Å². The zero-order chi connectivity index (χ0) is 4.50. The van der Waals surface area contributed by atoms with Gasteiger partial charge in [-0.25, -0.2) is 0 Å². The van der Waals surface area contributed by atoms with Crippen LogP contribution in [0.2, 0.25) is 0 Å². The van der Waals surface area contributed by atoms with Crippen molar-refractivity contribution < 1.29 is 9.79 Å². The van der Waals surface area contributed by atoms with Crippen LogP contribution in [0.25, 0.3) is 0 Å². The molecule has 0 spiro atoms. The summed E-state index contributed by atoms with van der Waals surface area (Å²) in [5, 5.41) is 0. The van der Waals surface area contributed by atoms with Gasteiger partial charge in [0.15, 0.2) is 0 Å². The minimum absolute atomic E-state index is 3.64. The molecule has 0 bridgehead atoms. The predicted molar refractivity (Wildman–Crippen MR) is 22.8 cm³/mol. The molecule has 0 saturated heterocycles. The van der Waals surface area contributed by atoms with E-state index >= 15 is 0 Å². The van der Waals surface area contributed by atoms with Crippen molar-refractivity contribution in [3.8, 4) is 0 Å². The Morgan fingerprint density at radius 1 is 1.60 bits per heavy atom. The molecule has 0 aliphatic rings. The maximum atomic E-state index is 7.76. The summed E-state index contributed by atoms with van der Waals surface area (Å²) in [6.45, 7) is 0. The average Bonchev–Trinajstić information content (AvgIpc) is 0.722. The number of hydrogen-bond acceptors (Lipinski definition) is 3. The van der Waals surface area contributed by atoms with Crippen molar-refractivity contribution in [1.82, 2.24) is 0 Å². The Bertz CT molecular complexity index is 25.1. The molecule has 34 valence electrons. The van der Waals surface area contributed by atoms with Crippen molar-refractivity contribution in [1.29, 1.82) is 0 Å². The molecule has 4 N–H and O–H groups in total. The van der Waals surface area contributed by atoms with Gasteiger partial charge in [0.25, 0.3) is 0 Å². The van der Waals surface area contributed by atoms with Gasteiger partial charge in [0.2, 0.25) is 0 Å². The van der Waals surface area contributed by atoms with Crippen molar-refractivity contribution in [2.75, 3.05) is 0 Å². The van der Waals surface area contributed by atoms with Crippen LogP contribution in [0.4, 0.5) is 0 Å². The predicted octanol–water partition coefficient (Wildman–Crippen LogP) is -0.422. The van der Waals surface area contributed by atoms with E-state index in [9.17, 15) is 0 Å². The van der Waals surface area contributed by atoms with Crippen LogP contribution in [0, 0.1) is 0 Å². The number of halogens is 1. The molecule has 0 aromatic carbocycles.